The Balaban J connectivity index is 2.12. The van der Waals surface area contributed by atoms with Gasteiger partial charge in [0.25, 0.3) is 0 Å². The average Bonchev–Trinajstić information content (AvgIpc) is 2.78. The number of anilines is 1. The second-order valence-corrected chi connectivity index (χ2v) is 4.24. The third-order valence-electron chi connectivity index (χ3n) is 3.17. The summed E-state index contributed by atoms with van der Waals surface area (Å²) in [5, 5.41) is 3.35. The van der Waals surface area contributed by atoms with Gasteiger partial charge in [-0.1, -0.05) is 12.8 Å². The zero-order valence-corrected chi connectivity index (χ0v) is 9.57. The van der Waals surface area contributed by atoms with Crippen molar-refractivity contribution >= 4 is 5.95 Å². The molecule has 0 bridgehead atoms. The van der Waals surface area contributed by atoms with Crippen LogP contribution in [0.3, 0.4) is 0 Å². The minimum absolute atomic E-state index is 0.0215. The highest BCUT2D eigenvalue weighted by Crippen LogP contribution is 2.31. The molecule has 1 fully saturated rings. The first-order chi connectivity index (χ1) is 7.78. The fourth-order valence-corrected chi connectivity index (χ4v) is 2.19. The number of hydrogen-bond donors (Lipinski definition) is 2. The minimum Gasteiger partial charge on any atom is -0.481 e. The van der Waals surface area contributed by atoms with Crippen LogP contribution in [-0.4, -0.2) is 29.2 Å². The molecule has 0 radical (unpaired) electrons. The lowest BCUT2D eigenvalue weighted by Gasteiger charge is -2.28. The van der Waals surface area contributed by atoms with Crippen molar-refractivity contribution in [3.05, 3.63) is 12.3 Å². The number of nitrogens with zero attached hydrogens (tertiary/aromatic N) is 2. The van der Waals surface area contributed by atoms with E-state index in [1.165, 1.54) is 12.8 Å². The van der Waals surface area contributed by atoms with Gasteiger partial charge in [-0.15, -0.1) is 0 Å². The molecule has 1 aliphatic rings. The van der Waals surface area contributed by atoms with Crippen LogP contribution in [0.15, 0.2) is 12.3 Å². The van der Waals surface area contributed by atoms with E-state index in [9.17, 15) is 0 Å². The summed E-state index contributed by atoms with van der Waals surface area (Å²) < 4.78 is 5.06. The number of ether oxygens (including phenoxy) is 1. The third kappa shape index (κ3) is 2.24. The highest BCUT2D eigenvalue weighted by molar-refractivity contribution is 5.32. The first-order valence-electron chi connectivity index (χ1n) is 5.63. The van der Waals surface area contributed by atoms with Gasteiger partial charge in [-0.3, -0.25) is 0 Å². The molecular formula is C11H18N4O. The lowest BCUT2D eigenvalue weighted by molar-refractivity contribution is 0.396. The predicted molar refractivity (Wildman–Crippen MR) is 62.5 cm³/mol. The maximum Gasteiger partial charge on any atom is 0.226 e. The van der Waals surface area contributed by atoms with Gasteiger partial charge in [-0.25, -0.2) is 4.98 Å². The summed E-state index contributed by atoms with van der Waals surface area (Å²) in [5.41, 5.74) is 5.82. The zero-order valence-electron chi connectivity index (χ0n) is 9.57. The summed E-state index contributed by atoms with van der Waals surface area (Å²) in [5.74, 6) is 1.18. The maximum absolute atomic E-state index is 5.84. The molecule has 1 heterocycles. The van der Waals surface area contributed by atoms with Crippen molar-refractivity contribution in [1.82, 2.24) is 9.97 Å². The molecule has 3 N–H and O–H groups in total. The molecule has 5 nitrogen and oxygen atoms in total. The molecule has 0 saturated heterocycles. The quantitative estimate of drug-likeness (QED) is 0.800. The van der Waals surface area contributed by atoms with Crippen LogP contribution >= 0.6 is 0 Å². The topological polar surface area (TPSA) is 73.1 Å². The van der Waals surface area contributed by atoms with Gasteiger partial charge in [0, 0.05) is 18.8 Å². The maximum atomic E-state index is 5.84. The van der Waals surface area contributed by atoms with Crippen LogP contribution in [0.1, 0.15) is 25.7 Å². The molecule has 0 aliphatic heterocycles. The van der Waals surface area contributed by atoms with Gasteiger partial charge >= 0.3 is 0 Å². The Bertz CT molecular complexity index is 350. The predicted octanol–water partition coefficient (Wildman–Crippen LogP) is 1.17. The van der Waals surface area contributed by atoms with E-state index in [-0.39, 0.29) is 5.54 Å². The number of nitrogens with one attached hydrogen (secondary N) is 1. The molecule has 1 aromatic heterocycles. The van der Waals surface area contributed by atoms with Gasteiger partial charge in [-0.05, 0) is 12.8 Å². The molecule has 0 spiro atoms. The Kier molecular flexibility index (Phi) is 3.24. The monoisotopic (exact) mass is 222 g/mol. The lowest BCUT2D eigenvalue weighted by atomic mass is 9.98. The zero-order chi connectivity index (χ0) is 11.4. The minimum atomic E-state index is -0.0215. The lowest BCUT2D eigenvalue weighted by Crippen LogP contribution is -2.43. The molecular weight excluding hydrogens is 204 g/mol. The average molecular weight is 222 g/mol. The van der Waals surface area contributed by atoms with Gasteiger partial charge in [0.2, 0.25) is 11.8 Å². The Morgan fingerprint density at radius 2 is 2.25 bits per heavy atom. The second-order valence-electron chi connectivity index (χ2n) is 4.24. The van der Waals surface area contributed by atoms with Crippen molar-refractivity contribution in [2.24, 2.45) is 5.73 Å². The van der Waals surface area contributed by atoms with Gasteiger partial charge in [0.05, 0.1) is 12.6 Å². The van der Waals surface area contributed by atoms with Crippen LogP contribution < -0.4 is 15.8 Å². The fraction of sp³-hybridized carbons (Fsp3) is 0.636. The smallest absolute Gasteiger partial charge is 0.226 e. The molecule has 2 rings (SSSR count). The standard InChI is InChI=1S/C11H18N4O/c1-16-9-4-7-13-10(14-9)15-11(8-12)5-2-3-6-11/h4,7H,2-3,5-6,8,12H2,1H3,(H,13,14,15). The van der Waals surface area contributed by atoms with E-state index in [0.717, 1.165) is 12.8 Å². The van der Waals surface area contributed by atoms with Crippen molar-refractivity contribution < 1.29 is 4.74 Å². The van der Waals surface area contributed by atoms with Crippen molar-refractivity contribution in [3.63, 3.8) is 0 Å². The van der Waals surface area contributed by atoms with Gasteiger partial charge in [-0.2, -0.15) is 4.98 Å². The SMILES string of the molecule is COc1ccnc(NC2(CN)CCCC2)n1. The van der Waals surface area contributed by atoms with E-state index in [2.05, 4.69) is 15.3 Å². The Hall–Kier alpha value is -1.36. The normalized spacial score (nSPS) is 18.4. The largest absolute Gasteiger partial charge is 0.481 e. The fourth-order valence-electron chi connectivity index (χ4n) is 2.19. The van der Waals surface area contributed by atoms with E-state index in [1.807, 2.05) is 0 Å². The third-order valence-corrected chi connectivity index (χ3v) is 3.17. The number of rotatable bonds is 4. The van der Waals surface area contributed by atoms with E-state index >= 15 is 0 Å². The van der Waals surface area contributed by atoms with Crippen molar-refractivity contribution in [3.8, 4) is 5.88 Å². The van der Waals surface area contributed by atoms with Crippen LogP contribution in [0, 0.1) is 0 Å². The summed E-state index contributed by atoms with van der Waals surface area (Å²) in [4.78, 5) is 8.43. The molecule has 1 aliphatic carbocycles. The molecule has 0 amide bonds. The summed E-state index contributed by atoms with van der Waals surface area (Å²) in [6.45, 7) is 0.619. The molecule has 0 aromatic carbocycles. The molecule has 16 heavy (non-hydrogen) atoms. The van der Waals surface area contributed by atoms with Crippen LogP contribution in [0.25, 0.3) is 0 Å². The number of nitrogens with two attached hydrogens (primary N) is 1. The van der Waals surface area contributed by atoms with Gasteiger partial charge in [0.1, 0.15) is 0 Å². The Morgan fingerprint density at radius 1 is 1.50 bits per heavy atom. The van der Waals surface area contributed by atoms with Crippen molar-refractivity contribution in [1.29, 1.82) is 0 Å². The molecule has 88 valence electrons. The molecule has 0 atom stereocenters. The summed E-state index contributed by atoms with van der Waals surface area (Å²) in [6.07, 6.45) is 6.30. The second kappa shape index (κ2) is 4.65. The van der Waals surface area contributed by atoms with Crippen molar-refractivity contribution in [2.75, 3.05) is 19.0 Å². The Labute approximate surface area is 95.4 Å². The first kappa shape index (κ1) is 11.1. The van der Waals surface area contributed by atoms with Gasteiger partial charge < -0.3 is 15.8 Å². The highest BCUT2D eigenvalue weighted by Gasteiger charge is 2.32. The molecule has 1 aromatic rings. The van der Waals surface area contributed by atoms with Crippen molar-refractivity contribution in [2.45, 2.75) is 31.2 Å². The van der Waals surface area contributed by atoms with E-state index < -0.39 is 0 Å². The number of hydrogen-bond acceptors (Lipinski definition) is 5. The van der Waals surface area contributed by atoms with E-state index in [4.69, 9.17) is 10.5 Å². The van der Waals surface area contributed by atoms with E-state index in [0.29, 0.717) is 18.4 Å². The molecule has 0 unspecified atom stereocenters. The summed E-state index contributed by atoms with van der Waals surface area (Å²) >= 11 is 0. The molecule has 1 saturated carbocycles. The van der Waals surface area contributed by atoms with Crippen LogP contribution in [0.5, 0.6) is 5.88 Å². The number of aromatic nitrogens is 2. The van der Waals surface area contributed by atoms with Crippen LogP contribution in [0.4, 0.5) is 5.95 Å². The highest BCUT2D eigenvalue weighted by atomic mass is 16.5. The van der Waals surface area contributed by atoms with Crippen LogP contribution in [0.2, 0.25) is 0 Å². The first-order valence-corrected chi connectivity index (χ1v) is 5.63. The number of methoxy groups -OCH3 is 1. The van der Waals surface area contributed by atoms with E-state index in [1.54, 1.807) is 19.4 Å². The summed E-state index contributed by atoms with van der Waals surface area (Å²) in [6, 6.07) is 1.73. The van der Waals surface area contributed by atoms with Crippen LogP contribution in [-0.2, 0) is 0 Å². The summed E-state index contributed by atoms with van der Waals surface area (Å²) in [7, 11) is 1.60. The molecule has 5 heteroatoms. The Morgan fingerprint density at radius 3 is 2.88 bits per heavy atom. The van der Waals surface area contributed by atoms with Gasteiger partial charge in [0.15, 0.2) is 0 Å².